The lowest BCUT2D eigenvalue weighted by Gasteiger charge is -2.23. The van der Waals surface area contributed by atoms with Gasteiger partial charge < -0.3 is 9.64 Å². The van der Waals surface area contributed by atoms with E-state index in [0.717, 1.165) is 53.0 Å². The first-order valence-electron chi connectivity index (χ1n) is 12.3. The van der Waals surface area contributed by atoms with Gasteiger partial charge in [-0.3, -0.25) is 4.79 Å². The molecule has 2 aromatic rings. The molecule has 1 N–H and O–H groups in total. The van der Waals surface area contributed by atoms with Crippen molar-refractivity contribution in [3.05, 3.63) is 52.6 Å². The summed E-state index contributed by atoms with van der Waals surface area (Å²) in [6.45, 7) is 9.40. The number of sulfonamides is 1. The molecule has 1 atom stereocenters. The van der Waals surface area contributed by atoms with Crippen LogP contribution in [0.5, 0.6) is 5.75 Å². The Labute approximate surface area is 214 Å². The number of ether oxygens (including phenoxy) is 1. The first-order valence-corrected chi connectivity index (χ1v) is 15.0. The Morgan fingerprint density at radius 1 is 1.03 bits per heavy atom. The monoisotopic (exact) mass is 518 g/mol. The number of rotatable bonds is 8. The molecule has 0 saturated carbocycles. The Morgan fingerprint density at radius 3 is 2.26 bits per heavy atom. The van der Waals surface area contributed by atoms with Crippen LogP contribution in [0.3, 0.4) is 0 Å². The predicted molar refractivity (Wildman–Crippen MR) is 143 cm³/mol. The molecule has 1 aliphatic heterocycles. The van der Waals surface area contributed by atoms with Crippen LogP contribution in [0.15, 0.2) is 40.1 Å². The summed E-state index contributed by atoms with van der Waals surface area (Å²) >= 11 is 1.46. The Balaban J connectivity index is 1.92. The molecule has 1 heterocycles. The molecule has 1 saturated heterocycles. The van der Waals surface area contributed by atoms with Crippen molar-refractivity contribution in [3.63, 3.8) is 0 Å². The molecule has 0 spiro atoms. The SMILES string of the molecule is COc1cc(C)c([C@H](C)NS(=O)(=O)c2ccc(SC)c(C(=O)N3CCCCCC3)c2)cc1C(C)C. The maximum Gasteiger partial charge on any atom is 0.255 e. The van der Waals surface area contributed by atoms with E-state index in [1.807, 2.05) is 37.1 Å². The van der Waals surface area contributed by atoms with Crippen molar-refractivity contribution in [1.29, 1.82) is 0 Å². The van der Waals surface area contributed by atoms with Crippen molar-refractivity contribution in [2.75, 3.05) is 26.5 Å². The van der Waals surface area contributed by atoms with Gasteiger partial charge in [-0.15, -0.1) is 11.8 Å². The van der Waals surface area contributed by atoms with E-state index in [-0.39, 0.29) is 16.7 Å². The molecule has 0 radical (unpaired) electrons. The molecule has 1 aliphatic rings. The molecular formula is C27H38N2O4S2. The number of aryl methyl sites for hydroxylation is 1. The molecule has 1 amide bonds. The molecular weight excluding hydrogens is 480 g/mol. The molecule has 0 aromatic heterocycles. The topological polar surface area (TPSA) is 75.7 Å². The normalized spacial score (nSPS) is 15.7. The van der Waals surface area contributed by atoms with Crippen molar-refractivity contribution in [2.45, 2.75) is 75.1 Å². The summed E-state index contributed by atoms with van der Waals surface area (Å²) in [5.74, 6) is 0.953. The molecule has 0 aliphatic carbocycles. The number of benzene rings is 2. The van der Waals surface area contributed by atoms with Gasteiger partial charge in [-0.2, -0.15) is 0 Å². The second-order valence-corrected chi connectivity index (χ2v) is 12.1. The summed E-state index contributed by atoms with van der Waals surface area (Å²) < 4.78 is 35.2. The second-order valence-electron chi connectivity index (χ2n) is 9.52. The standard InChI is InChI=1S/C27H38N2O4S2/c1-18(2)22-17-23(19(3)15-25(22)33-5)20(4)28-35(31,32)21-11-12-26(34-6)24(16-21)27(30)29-13-9-7-8-10-14-29/h11-12,15-18,20,28H,7-10,13-14H2,1-6H3/t20-/m0/s1. The highest BCUT2D eigenvalue weighted by Gasteiger charge is 2.25. The van der Waals surface area contributed by atoms with Gasteiger partial charge in [-0.1, -0.05) is 26.7 Å². The van der Waals surface area contributed by atoms with E-state index in [0.29, 0.717) is 18.7 Å². The lowest BCUT2D eigenvalue weighted by Crippen LogP contribution is -2.32. The predicted octanol–water partition coefficient (Wildman–Crippen LogP) is 5.90. The van der Waals surface area contributed by atoms with Gasteiger partial charge in [-0.25, -0.2) is 13.1 Å². The molecule has 2 aromatic carbocycles. The lowest BCUT2D eigenvalue weighted by molar-refractivity contribution is 0.0758. The van der Waals surface area contributed by atoms with Crippen LogP contribution >= 0.6 is 11.8 Å². The van der Waals surface area contributed by atoms with Crippen LogP contribution in [0.25, 0.3) is 0 Å². The summed E-state index contributed by atoms with van der Waals surface area (Å²) in [5.41, 5.74) is 3.35. The molecule has 192 valence electrons. The highest BCUT2D eigenvalue weighted by molar-refractivity contribution is 7.98. The molecule has 0 bridgehead atoms. The number of nitrogens with one attached hydrogen (secondary N) is 1. The summed E-state index contributed by atoms with van der Waals surface area (Å²) in [6.07, 6.45) is 6.12. The third-order valence-corrected chi connectivity index (χ3v) is 8.98. The molecule has 0 unspecified atom stereocenters. The van der Waals surface area contributed by atoms with Crippen LogP contribution in [0, 0.1) is 6.92 Å². The van der Waals surface area contributed by atoms with Crippen molar-refractivity contribution < 1.29 is 17.9 Å². The maximum atomic E-state index is 13.4. The Bertz CT molecular complexity index is 1150. The number of hydrogen-bond acceptors (Lipinski definition) is 5. The molecule has 8 heteroatoms. The van der Waals surface area contributed by atoms with E-state index >= 15 is 0 Å². The molecule has 35 heavy (non-hydrogen) atoms. The van der Waals surface area contributed by atoms with E-state index in [4.69, 9.17) is 4.74 Å². The molecule has 1 fully saturated rings. The molecule has 3 rings (SSSR count). The fourth-order valence-electron chi connectivity index (χ4n) is 4.64. The number of likely N-dealkylation sites (tertiary alicyclic amines) is 1. The lowest BCUT2D eigenvalue weighted by atomic mass is 9.94. The first-order chi connectivity index (χ1) is 16.6. The van der Waals surface area contributed by atoms with Gasteiger partial charge in [0.1, 0.15) is 5.75 Å². The number of hydrogen-bond donors (Lipinski definition) is 1. The molecule has 6 nitrogen and oxygen atoms in total. The summed E-state index contributed by atoms with van der Waals surface area (Å²) in [5, 5.41) is 0. The van der Waals surface area contributed by atoms with Crippen molar-refractivity contribution in [3.8, 4) is 5.75 Å². The maximum absolute atomic E-state index is 13.4. The zero-order valence-corrected chi connectivity index (χ0v) is 23.3. The fourth-order valence-corrected chi connectivity index (χ4v) is 6.46. The zero-order chi connectivity index (χ0) is 25.8. The van der Waals surface area contributed by atoms with Gasteiger partial charge in [0.2, 0.25) is 10.0 Å². The van der Waals surface area contributed by atoms with Crippen molar-refractivity contribution in [1.82, 2.24) is 9.62 Å². The van der Waals surface area contributed by atoms with Crippen LogP contribution in [0.2, 0.25) is 0 Å². The van der Waals surface area contributed by atoms with Gasteiger partial charge in [0.05, 0.1) is 17.6 Å². The zero-order valence-electron chi connectivity index (χ0n) is 21.7. The number of carbonyl (C=O) groups is 1. The summed E-state index contributed by atoms with van der Waals surface area (Å²) in [6, 6.07) is 8.39. The Kier molecular flexibility index (Phi) is 9.29. The van der Waals surface area contributed by atoms with Gasteiger partial charge in [0.25, 0.3) is 5.91 Å². The Morgan fingerprint density at radius 2 is 1.69 bits per heavy atom. The van der Waals surface area contributed by atoms with Crippen molar-refractivity contribution in [2.24, 2.45) is 0 Å². The van der Waals surface area contributed by atoms with E-state index in [2.05, 4.69) is 18.6 Å². The van der Waals surface area contributed by atoms with Gasteiger partial charge in [0, 0.05) is 24.0 Å². The average Bonchev–Trinajstić information content (AvgIpc) is 3.12. The van der Waals surface area contributed by atoms with Crippen LogP contribution < -0.4 is 9.46 Å². The minimum atomic E-state index is -3.85. The fraction of sp³-hybridized carbons (Fsp3) is 0.519. The largest absolute Gasteiger partial charge is 0.496 e. The Hall–Kier alpha value is -2.03. The summed E-state index contributed by atoms with van der Waals surface area (Å²) in [7, 11) is -2.21. The quantitative estimate of drug-likeness (QED) is 0.440. The van der Waals surface area contributed by atoms with Gasteiger partial charge >= 0.3 is 0 Å². The van der Waals surface area contributed by atoms with Crippen molar-refractivity contribution >= 4 is 27.7 Å². The van der Waals surface area contributed by atoms with Crippen LogP contribution in [0.4, 0.5) is 0 Å². The first kappa shape index (κ1) is 27.6. The number of methoxy groups -OCH3 is 1. The second kappa shape index (κ2) is 11.8. The number of nitrogens with zero attached hydrogens (tertiary/aromatic N) is 1. The van der Waals surface area contributed by atoms with Gasteiger partial charge in [-0.05, 0) is 85.9 Å². The third kappa shape index (κ3) is 6.40. The third-order valence-electron chi connectivity index (χ3n) is 6.64. The highest BCUT2D eigenvalue weighted by Crippen LogP contribution is 2.33. The van der Waals surface area contributed by atoms with Crippen LogP contribution in [-0.2, 0) is 10.0 Å². The highest BCUT2D eigenvalue weighted by atomic mass is 32.2. The van der Waals surface area contributed by atoms with E-state index in [9.17, 15) is 13.2 Å². The van der Waals surface area contributed by atoms with Gasteiger partial charge in [0.15, 0.2) is 0 Å². The smallest absolute Gasteiger partial charge is 0.255 e. The van der Waals surface area contributed by atoms with E-state index in [1.54, 1.807) is 19.2 Å². The minimum Gasteiger partial charge on any atom is -0.496 e. The van der Waals surface area contributed by atoms with E-state index in [1.165, 1.54) is 17.8 Å². The number of carbonyl (C=O) groups excluding carboxylic acids is 1. The van der Waals surface area contributed by atoms with E-state index < -0.39 is 16.1 Å². The average molecular weight is 519 g/mol. The van der Waals surface area contributed by atoms with Crippen LogP contribution in [-0.4, -0.2) is 45.7 Å². The summed E-state index contributed by atoms with van der Waals surface area (Å²) in [4.78, 5) is 16.1. The minimum absolute atomic E-state index is 0.0890. The van der Waals surface area contributed by atoms with Crippen LogP contribution in [0.1, 0.15) is 85.5 Å². The number of thioether (sulfide) groups is 1. The number of amides is 1.